The molecule has 1 N–H and O–H groups in total. The van der Waals surface area contributed by atoms with Crippen molar-refractivity contribution in [1.29, 1.82) is 5.26 Å². The molecule has 7 heteroatoms. The molecule has 0 aromatic heterocycles. The maximum absolute atomic E-state index is 11.7. The molecule has 0 aliphatic rings. The fourth-order valence-electron chi connectivity index (χ4n) is 1.11. The Morgan fingerprint density at radius 1 is 1.20 bits per heavy atom. The minimum absolute atomic E-state index is 0.105. The molecule has 0 saturated carbocycles. The van der Waals surface area contributed by atoms with Crippen LogP contribution in [0.1, 0.15) is 13.8 Å². The second kappa shape index (κ2) is 9.44. The maximum Gasteiger partial charge on any atom is 0.356 e. The van der Waals surface area contributed by atoms with Gasteiger partial charge >= 0.3 is 11.9 Å². The van der Waals surface area contributed by atoms with Gasteiger partial charge in [-0.2, -0.15) is 5.26 Å². The van der Waals surface area contributed by atoms with E-state index in [9.17, 15) is 9.59 Å². The van der Waals surface area contributed by atoms with Crippen LogP contribution in [0.15, 0.2) is 23.7 Å². The minimum Gasteiger partial charge on any atom is -0.462 e. The molecule has 20 heavy (non-hydrogen) atoms. The number of carbonyl (C=O) groups excluding carboxylic acids is 2. The molecule has 0 aliphatic carbocycles. The summed E-state index contributed by atoms with van der Waals surface area (Å²) in [4.78, 5) is 24.7. The number of rotatable bonds is 7. The highest BCUT2D eigenvalue weighted by molar-refractivity contribution is 5.93. The van der Waals surface area contributed by atoms with Gasteiger partial charge in [0.2, 0.25) is 0 Å². The number of esters is 2. The first kappa shape index (κ1) is 17.5. The lowest BCUT2D eigenvalue weighted by atomic mass is 10.3. The lowest BCUT2D eigenvalue weighted by Crippen LogP contribution is -2.22. The molecule has 0 aromatic rings. The van der Waals surface area contributed by atoms with E-state index in [4.69, 9.17) is 14.7 Å². The van der Waals surface area contributed by atoms with Crippen molar-refractivity contribution in [2.75, 3.05) is 27.3 Å². The zero-order valence-corrected chi connectivity index (χ0v) is 12.1. The van der Waals surface area contributed by atoms with E-state index in [0.717, 1.165) is 6.20 Å². The second-order valence-electron chi connectivity index (χ2n) is 3.76. The van der Waals surface area contributed by atoms with Gasteiger partial charge in [-0.25, -0.2) is 9.59 Å². The molecule has 0 rings (SSSR count). The lowest BCUT2D eigenvalue weighted by Gasteiger charge is -2.11. The Hall–Kier alpha value is -2.49. The van der Waals surface area contributed by atoms with Gasteiger partial charge in [-0.15, -0.1) is 0 Å². The summed E-state index contributed by atoms with van der Waals surface area (Å²) in [6.07, 6.45) is 2.60. The Morgan fingerprint density at radius 2 is 1.75 bits per heavy atom. The monoisotopic (exact) mass is 281 g/mol. The van der Waals surface area contributed by atoms with Gasteiger partial charge in [-0.05, 0) is 13.8 Å². The third-order valence-corrected chi connectivity index (χ3v) is 1.87. The van der Waals surface area contributed by atoms with Crippen LogP contribution in [-0.4, -0.2) is 44.1 Å². The van der Waals surface area contributed by atoms with Crippen molar-refractivity contribution in [2.45, 2.75) is 13.8 Å². The molecule has 110 valence electrons. The van der Waals surface area contributed by atoms with Crippen LogP contribution in [0.2, 0.25) is 0 Å². The predicted molar refractivity (Wildman–Crippen MR) is 71.9 cm³/mol. The van der Waals surface area contributed by atoms with Gasteiger partial charge in [0, 0.05) is 26.5 Å². The number of hydrogen-bond donors (Lipinski definition) is 1. The van der Waals surface area contributed by atoms with E-state index in [0.29, 0.717) is 0 Å². The number of nitrogens with zero attached hydrogens (tertiary/aromatic N) is 2. The summed E-state index contributed by atoms with van der Waals surface area (Å²) in [5.74, 6) is -1.34. The zero-order chi connectivity index (χ0) is 15.5. The van der Waals surface area contributed by atoms with Crippen LogP contribution in [0, 0.1) is 11.3 Å². The molecule has 0 aromatic carbocycles. The predicted octanol–water partition coefficient (Wildman–Crippen LogP) is 0.513. The molecule has 0 spiro atoms. The van der Waals surface area contributed by atoms with Crippen molar-refractivity contribution in [2.24, 2.45) is 0 Å². The van der Waals surface area contributed by atoms with Crippen LogP contribution >= 0.6 is 0 Å². The summed E-state index contributed by atoms with van der Waals surface area (Å²) in [6, 6.07) is 1.70. The summed E-state index contributed by atoms with van der Waals surface area (Å²) in [7, 11) is 3.45. The van der Waals surface area contributed by atoms with Crippen LogP contribution < -0.4 is 5.32 Å². The molecular formula is C13H19N3O4. The Labute approximate surface area is 118 Å². The van der Waals surface area contributed by atoms with Gasteiger partial charge in [0.25, 0.3) is 0 Å². The van der Waals surface area contributed by atoms with E-state index in [2.05, 4.69) is 5.32 Å². The van der Waals surface area contributed by atoms with E-state index < -0.39 is 11.9 Å². The van der Waals surface area contributed by atoms with Gasteiger partial charge in [0.15, 0.2) is 5.57 Å². The van der Waals surface area contributed by atoms with E-state index in [1.807, 2.05) is 0 Å². The van der Waals surface area contributed by atoms with Crippen molar-refractivity contribution in [3.63, 3.8) is 0 Å². The fraction of sp³-hybridized carbons (Fsp3) is 0.462. The van der Waals surface area contributed by atoms with Crippen molar-refractivity contribution >= 4 is 11.9 Å². The first-order valence-corrected chi connectivity index (χ1v) is 6.05. The first-order chi connectivity index (χ1) is 9.46. The Balaban J connectivity index is 5.03. The first-order valence-electron chi connectivity index (χ1n) is 6.05. The van der Waals surface area contributed by atoms with Crippen LogP contribution in [0.4, 0.5) is 0 Å². The van der Waals surface area contributed by atoms with Gasteiger partial charge in [-0.3, -0.25) is 0 Å². The largest absolute Gasteiger partial charge is 0.462 e. The van der Waals surface area contributed by atoms with Crippen LogP contribution in [0.3, 0.4) is 0 Å². The van der Waals surface area contributed by atoms with E-state index in [1.165, 1.54) is 6.20 Å². The molecule has 0 bridgehead atoms. The minimum atomic E-state index is -0.754. The van der Waals surface area contributed by atoms with Crippen molar-refractivity contribution in [3.05, 3.63) is 23.7 Å². The fourth-order valence-corrected chi connectivity index (χ4v) is 1.11. The van der Waals surface area contributed by atoms with Gasteiger partial charge < -0.3 is 19.7 Å². The van der Waals surface area contributed by atoms with Crippen LogP contribution in [0.5, 0.6) is 0 Å². The molecule has 0 amide bonds. The normalized spacial score (nSPS) is 11.3. The number of hydrogen-bond acceptors (Lipinski definition) is 7. The van der Waals surface area contributed by atoms with E-state index >= 15 is 0 Å². The molecule has 0 aliphatic heterocycles. The highest BCUT2D eigenvalue weighted by atomic mass is 16.5. The Morgan fingerprint density at radius 3 is 2.20 bits per heavy atom. The van der Waals surface area contributed by atoms with Crippen molar-refractivity contribution in [3.8, 4) is 6.07 Å². The molecule has 7 nitrogen and oxygen atoms in total. The number of carbonyl (C=O) groups is 2. The average molecular weight is 281 g/mol. The van der Waals surface area contributed by atoms with Gasteiger partial charge in [-0.1, -0.05) is 0 Å². The maximum atomic E-state index is 11.7. The van der Waals surface area contributed by atoms with Crippen molar-refractivity contribution < 1.29 is 19.1 Å². The quantitative estimate of drug-likeness (QED) is 0.413. The van der Waals surface area contributed by atoms with Gasteiger partial charge in [0.1, 0.15) is 11.8 Å². The molecule has 0 heterocycles. The number of nitriles is 1. The summed E-state index contributed by atoms with van der Waals surface area (Å²) < 4.78 is 9.55. The van der Waals surface area contributed by atoms with E-state index in [-0.39, 0.29) is 24.5 Å². The molecule has 0 unspecified atom stereocenters. The third kappa shape index (κ3) is 6.44. The molecule has 0 radical (unpaired) electrons. The van der Waals surface area contributed by atoms with Gasteiger partial charge in [0.05, 0.1) is 13.2 Å². The van der Waals surface area contributed by atoms with Crippen LogP contribution in [-0.2, 0) is 19.1 Å². The molecule has 0 atom stereocenters. The highest BCUT2D eigenvalue weighted by Gasteiger charge is 2.13. The Bertz CT molecular complexity index is 447. The summed E-state index contributed by atoms with van der Waals surface area (Å²) in [5.41, 5.74) is -0.130. The van der Waals surface area contributed by atoms with E-state index in [1.54, 1.807) is 38.9 Å². The number of ether oxygens (including phenoxy) is 2. The third-order valence-electron chi connectivity index (χ3n) is 1.87. The molecule has 0 saturated heterocycles. The smallest absolute Gasteiger partial charge is 0.356 e. The summed E-state index contributed by atoms with van der Waals surface area (Å²) in [6.45, 7) is 3.70. The lowest BCUT2D eigenvalue weighted by molar-refractivity contribution is -0.139. The topological polar surface area (TPSA) is 91.7 Å². The number of nitrogens with one attached hydrogen (secondary N) is 1. The zero-order valence-electron chi connectivity index (χ0n) is 12.1. The summed E-state index contributed by atoms with van der Waals surface area (Å²) >= 11 is 0. The standard InChI is InChI=1S/C13H19N3O4/c1-5-19-12(17)10(7-14)8-15-11(9-16(3)4)13(18)20-6-2/h8-9,15H,5-6H2,1-4H3/b10-8-,11-9-. The van der Waals surface area contributed by atoms with Crippen LogP contribution in [0.25, 0.3) is 0 Å². The molecular weight excluding hydrogens is 262 g/mol. The SMILES string of the molecule is CCOC(=O)/C(C#N)=C\N/C(=C\N(C)C)C(=O)OCC. The highest BCUT2D eigenvalue weighted by Crippen LogP contribution is 2.00. The Kier molecular flexibility index (Phi) is 8.27. The summed E-state index contributed by atoms with van der Waals surface area (Å²) in [5, 5.41) is 11.4. The second-order valence-corrected chi connectivity index (χ2v) is 3.76. The average Bonchev–Trinajstić information content (AvgIpc) is 2.38. The molecule has 0 fully saturated rings. The van der Waals surface area contributed by atoms with Crippen molar-refractivity contribution in [1.82, 2.24) is 10.2 Å².